The number of carboxylic acid groups (broad SMARTS) is 1. The van der Waals surface area contributed by atoms with Crippen LogP contribution in [0.2, 0.25) is 5.02 Å². The zero-order chi connectivity index (χ0) is 22.7. The summed E-state index contributed by atoms with van der Waals surface area (Å²) in [6, 6.07) is 5.51. The zero-order valence-electron chi connectivity index (χ0n) is 18.4. The normalized spacial score (nSPS) is 22.7. The van der Waals surface area contributed by atoms with Crippen molar-refractivity contribution < 1.29 is 19.7 Å². The van der Waals surface area contributed by atoms with Crippen molar-refractivity contribution in [3.63, 3.8) is 0 Å². The number of aliphatic hydroxyl groups is 1. The molecule has 4 rings (SSSR count). The lowest BCUT2D eigenvalue weighted by Gasteiger charge is -2.37. The van der Waals surface area contributed by atoms with E-state index in [4.69, 9.17) is 16.3 Å². The predicted octanol–water partition coefficient (Wildman–Crippen LogP) is 4.63. The smallest absolute Gasteiger partial charge is 0.308 e. The lowest BCUT2D eigenvalue weighted by molar-refractivity contribution is -0.146. The number of ether oxygens (including phenoxy) is 1. The molecular weight excluding hydrogens is 448 g/mol. The van der Waals surface area contributed by atoms with E-state index in [1.54, 1.807) is 13.3 Å². The molecule has 2 N–H and O–H groups in total. The monoisotopic (exact) mass is 478 g/mol. The second-order valence-corrected chi connectivity index (χ2v) is 10.7. The molecule has 0 amide bonds. The Morgan fingerprint density at radius 2 is 2.19 bits per heavy atom. The first-order valence-electron chi connectivity index (χ1n) is 11.3. The molecule has 2 heterocycles. The highest BCUT2D eigenvalue weighted by molar-refractivity contribution is 8.00. The number of carbonyl (C=O) groups is 1. The Hall–Kier alpha value is -1.54. The molecule has 1 aromatic heterocycles. The number of fused-ring (bicyclic) bond motifs is 1. The summed E-state index contributed by atoms with van der Waals surface area (Å²) in [5.74, 6) is 0.675. The maximum Gasteiger partial charge on any atom is 0.308 e. The van der Waals surface area contributed by atoms with E-state index in [2.05, 4.69) is 9.88 Å². The summed E-state index contributed by atoms with van der Waals surface area (Å²) in [7, 11) is 1.60. The number of aliphatic hydroxyl groups excluding tert-OH is 1. The van der Waals surface area contributed by atoms with Crippen LogP contribution in [0.15, 0.2) is 24.4 Å². The minimum Gasteiger partial charge on any atom is -0.497 e. The van der Waals surface area contributed by atoms with Crippen molar-refractivity contribution in [1.82, 2.24) is 9.88 Å². The molecule has 174 valence electrons. The number of rotatable bonds is 10. The maximum absolute atomic E-state index is 12.0. The number of aromatic nitrogens is 1. The van der Waals surface area contributed by atoms with E-state index in [-0.39, 0.29) is 5.92 Å². The summed E-state index contributed by atoms with van der Waals surface area (Å²) in [4.78, 5) is 18.6. The summed E-state index contributed by atoms with van der Waals surface area (Å²) in [5.41, 5.74) is 1.38. The van der Waals surface area contributed by atoms with Crippen LogP contribution in [-0.4, -0.2) is 63.8 Å². The van der Waals surface area contributed by atoms with Crippen molar-refractivity contribution in [3.05, 3.63) is 35.0 Å². The molecule has 1 saturated heterocycles. The Balaban J connectivity index is 1.40. The summed E-state index contributed by atoms with van der Waals surface area (Å²) in [6.45, 7) is 2.48. The molecule has 2 aliphatic rings. The van der Waals surface area contributed by atoms with E-state index in [1.807, 2.05) is 30.0 Å². The van der Waals surface area contributed by atoms with Crippen LogP contribution in [0, 0.1) is 11.8 Å². The Morgan fingerprint density at radius 3 is 2.91 bits per heavy atom. The van der Waals surface area contributed by atoms with Gasteiger partial charge in [0.05, 0.1) is 29.7 Å². The summed E-state index contributed by atoms with van der Waals surface area (Å²) in [6.07, 6.45) is 5.38. The number of pyridine rings is 1. The topological polar surface area (TPSA) is 82.9 Å². The van der Waals surface area contributed by atoms with Crippen LogP contribution in [-0.2, 0) is 4.79 Å². The van der Waals surface area contributed by atoms with E-state index >= 15 is 0 Å². The van der Waals surface area contributed by atoms with Crippen molar-refractivity contribution in [2.24, 2.45) is 11.8 Å². The molecule has 1 aromatic carbocycles. The van der Waals surface area contributed by atoms with Crippen molar-refractivity contribution in [2.45, 2.75) is 43.5 Å². The second-order valence-electron chi connectivity index (χ2n) is 8.86. The number of halogens is 1. The van der Waals surface area contributed by atoms with Gasteiger partial charge in [-0.05, 0) is 62.8 Å². The highest BCUT2D eigenvalue weighted by Crippen LogP contribution is 2.37. The first kappa shape index (κ1) is 23.6. The predicted molar refractivity (Wildman–Crippen MR) is 129 cm³/mol. The number of methoxy groups -OCH3 is 1. The van der Waals surface area contributed by atoms with Crippen LogP contribution in [0.3, 0.4) is 0 Å². The van der Waals surface area contributed by atoms with Gasteiger partial charge in [-0.3, -0.25) is 9.78 Å². The molecule has 2 aromatic rings. The number of hydrogen-bond acceptors (Lipinski definition) is 6. The van der Waals surface area contributed by atoms with Crippen LogP contribution in [0.1, 0.15) is 43.8 Å². The molecule has 8 heteroatoms. The lowest BCUT2D eigenvalue weighted by Crippen LogP contribution is -2.44. The van der Waals surface area contributed by atoms with Crippen LogP contribution in [0.5, 0.6) is 5.75 Å². The summed E-state index contributed by atoms with van der Waals surface area (Å²) in [5, 5.41) is 22.9. The Labute approximate surface area is 198 Å². The lowest BCUT2D eigenvalue weighted by atomic mass is 9.81. The molecule has 0 unspecified atom stereocenters. The van der Waals surface area contributed by atoms with E-state index in [0.29, 0.717) is 35.7 Å². The Kier molecular flexibility index (Phi) is 7.82. The Bertz CT molecular complexity index is 955. The van der Waals surface area contributed by atoms with Crippen molar-refractivity contribution in [2.75, 3.05) is 32.5 Å². The molecule has 6 nitrogen and oxygen atoms in total. The number of likely N-dealkylation sites (tertiary alicyclic amines) is 1. The third-order valence-electron chi connectivity index (χ3n) is 6.65. The van der Waals surface area contributed by atoms with Gasteiger partial charge >= 0.3 is 5.97 Å². The standard InChI is InChI=1S/C24H31ClN2O4S/c1-31-16-3-6-21-18(12-16)23(20(25)13-26-21)22(28)7-2-15-8-9-27(14-19(15)24(29)30)10-11-32-17-4-5-17/h3,6,12-13,15,17,19,22,28H,2,4-5,7-11,14H2,1H3,(H,29,30)/t15-,19+,22-/m0/s1. The number of aliphatic carboxylic acids is 1. The number of nitrogens with zero attached hydrogens (tertiary/aromatic N) is 2. The fourth-order valence-corrected chi connectivity index (χ4v) is 6.07. The van der Waals surface area contributed by atoms with E-state index in [0.717, 1.165) is 41.4 Å². The number of thioether (sulfide) groups is 1. The van der Waals surface area contributed by atoms with Crippen LogP contribution >= 0.6 is 23.4 Å². The second kappa shape index (κ2) is 10.6. The van der Waals surface area contributed by atoms with E-state index in [1.165, 1.54) is 12.8 Å². The fourth-order valence-electron chi connectivity index (χ4n) is 4.63. The number of carboxylic acids is 1. The third kappa shape index (κ3) is 5.68. The Morgan fingerprint density at radius 1 is 1.38 bits per heavy atom. The molecule has 32 heavy (non-hydrogen) atoms. The molecule has 1 saturated carbocycles. The van der Waals surface area contributed by atoms with E-state index < -0.39 is 18.0 Å². The largest absolute Gasteiger partial charge is 0.497 e. The van der Waals surface area contributed by atoms with Crippen molar-refractivity contribution in [1.29, 1.82) is 0 Å². The molecule has 0 radical (unpaired) electrons. The van der Waals surface area contributed by atoms with Gasteiger partial charge in [-0.25, -0.2) is 0 Å². The van der Waals surface area contributed by atoms with Gasteiger partial charge in [0, 0.05) is 41.2 Å². The molecular formula is C24H31ClN2O4S. The van der Waals surface area contributed by atoms with Crippen molar-refractivity contribution in [3.8, 4) is 5.75 Å². The number of piperidine rings is 1. The van der Waals surface area contributed by atoms with Crippen molar-refractivity contribution >= 4 is 40.2 Å². The summed E-state index contributed by atoms with van der Waals surface area (Å²) < 4.78 is 5.32. The van der Waals surface area contributed by atoms with Gasteiger partial charge in [0.1, 0.15) is 5.75 Å². The minimum absolute atomic E-state index is 0.0518. The van der Waals surface area contributed by atoms with Gasteiger partial charge in [0.15, 0.2) is 0 Å². The van der Waals surface area contributed by atoms with Gasteiger partial charge in [-0.15, -0.1) is 0 Å². The van der Waals surface area contributed by atoms with Gasteiger partial charge in [-0.1, -0.05) is 11.6 Å². The quantitative estimate of drug-likeness (QED) is 0.515. The molecule has 3 atom stereocenters. The van der Waals surface area contributed by atoms with E-state index in [9.17, 15) is 15.0 Å². The molecule has 0 bridgehead atoms. The average Bonchev–Trinajstić information content (AvgIpc) is 3.61. The molecule has 1 aliphatic heterocycles. The van der Waals surface area contributed by atoms with Crippen LogP contribution in [0.4, 0.5) is 0 Å². The first-order valence-corrected chi connectivity index (χ1v) is 12.8. The van der Waals surface area contributed by atoms with Gasteiger partial charge in [0.2, 0.25) is 0 Å². The highest BCUT2D eigenvalue weighted by Gasteiger charge is 2.34. The third-order valence-corrected chi connectivity index (χ3v) is 8.32. The van der Waals surface area contributed by atoms with Gasteiger partial charge < -0.3 is 19.8 Å². The minimum atomic E-state index is -0.789. The average molecular weight is 479 g/mol. The first-order chi connectivity index (χ1) is 15.5. The van der Waals surface area contributed by atoms with Gasteiger partial charge in [-0.2, -0.15) is 11.8 Å². The highest BCUT2D eigenvalue weighted by atomic mass is 35.5. The maximum atomic E-state index is 12.0. The van der Waals surface area contributed by atoms with Crippen LogP contribution in [0.25, 0.3) is 10.9 Å². The molecule has 1 aliphatic carbocycles. The van der Waals surface area contributed by atoms with Gasteiger partial charge in [0.25, 0.3) is 0 Å². The molecule has 2 fully saturated rings. The number of hydrogen-bond donors (Lipinski definition) is 2. The number of benzene rings is 1. The summed E-state index contributed by atoms with van der Waals surface area (Å²) >= 11 is 8.44. The molecule has 0 spiro atoms. The SMILES string of the molecule is COc1ccc2ncc(Cl)c([C@@H](O)CC[C@H]3CCN(CCSC4CC4)C[C@H]3C(=O)O)c2c1. The van der Waals surface area contributed by atoms with Crippen LogP contribution < -0.4 is 4.74 Å². The zero-order valence-corrected chi connectivity index (χ0v) is 19.9. The fraction of sp³-hybridized carbons (Fsp3) is 0.583.